The standard InChI is InChI=1S/C17H30N4O3/c1-17(2,3)24-16(23)20(4)11-14(22)12-21-8-6-5-7-15(21)13-9-18-19-10-13/h9-10,14-15,22H,5-8,11-12H2,1-4H3,(H,18,19)/t14-,15+/m1/s1. The molecular formula is C17H30N4O3. The number of aliphatic hydroxyl groups excluding tert-OH is 1. The zero-order chi connectivity index (χ0) is 17.7. The molecule has 2 atom stereocenters. The molecule has 0 unspecified atom stereocenters. The smallest absolute Gasteiger partial charge is 0.410 e. The van der Waals surface area contributed by atoms with Crippen molar-refractivity contribution in [2.45, 2.75) is 57.8 Å². The van der Waals surface area contributed by atoms with Gasteiger partial charge in [0.1, 0.15) is 5.60 Å². The van der Waals surface area contributed by atoms with Crippen LogP contribution in [0, 0.1) is 0 Å². The summed E-state index contributed by atoms with van der Waals surface area (Å²) in [5.74, 6) is 0. The van der Waals surface area contributed by atoms with Crippen LogP contribution in [0.5, 0.6) is 0 Å². The average molecular weight is 338 g/mol. The summed E-state index contributed by atoms with van der Waals surface area (Å²) in [6.45, 7) is 7.23. The Bertz CT molecular complexity index is 512. The lowest BCUT2D eigenvalue weighted by Gasteiger charge is -2.37. The lowest BCUT2D eigenvalue weighted by Crippen LogP contribution is -2.44. The second kappa shape index (κ2) is 7.98. The third-order valence-electron chi connectivity index (χ3n) is 4.15. The molecule has 7 nitrogen and oxygen atoms in total. The minimum atomic E-state index is -0.616. The van der Waals surface area contributed by atoms with Gasteiger partial charge in [0.15, 0.2) is 0 Å². The summed E-state index contributed by atoms with van der Waals surface area (Å²) in [6, 6.07) is 0.277. The molecule has 0 aliphatic carbocycles. The van der Waals surface area contributed by atoms with E-state index in [2.05, 4.69) is 15.1 Å². The van der Waals surface area contributed by atoms with Crippen molar-refractivity contribution in [1.29, 1.82) is 0 Å². The summed E-state index contributed by atoms with van der Waals surface area (Å²) in [4.78, 5) is 15.7. The molecule has 7 heteroatoms. The number of ether oxygens (including phenoxy) is 1. The highest BCUT2D eigenvalue weighted by atomic mass is 16.6. The van der Waals surface area contributed by atoms with Crippen molar-refractivity contribution in [3.63, 3.8) is 0 Å². The number of hydrogen-bond acceptors (Lipinski definition) is 5. The fourth-order valence-electron chi connectivity index (χ4n) is 3.09. The maximum atomic E-state index is 12.0. The number of carbonyl (C=O) groups excluding carboxylic acids is 1. The Morgan fingerprint density at radius 2 is 2.29 bits per heavy atom. The lowest BCUT2D eigenvalue weighted by molar-refractivity contribution is 0.0115. The van der Waals surface area contributed by atoms with Gasteiger partial charge in [-0.25, -0.2) is 4.79 Å². The molecule has 0 radical (unpaired) electrons. The van der Waals surface area contributed by atoms with Gasteiger partial charge in [-0.3, -0.25) is 10.00 Å². The molecule has 2 rings (SSSR count). The molecule has 1 amide bonds. The van der Waals surface area contributed by atoms with Gasteiger partial charge in [-0.1, -0.05) is 6.42 Å². The fourth-order valence-corrected chi connectivity index (χ4v) is 3.09. The van der Waals surface area contributed by atoms with Crippen molar-refractivity contribution in [1.82, 2.24) is 20.0 Å². The van der Waals surface area contributed by atoms with E-state index in [0.717, 1.165) is 24.9 Å². The summed E-state index contributed by atoms with van der Waals surface area (Å²) in [5.41, 5.74) is 0.623. The molecule has 24 heavy (non-hydrogen) atoms. The van der Waals surface area contributed by atoms with Crippen LogP contribution in [-0.2, 0) is 4.74 Å². The zero-order valence-corrected chi connectivity index (χ0v) is 15.2. The second-order valence-corrected chi connectivity index (χ2v) is 7.55. The maximum Gasteiger partial charge on any atom is 0.410 e. The number of likely N-dealkylation sites (tertiary alicyclic amines) is 1. The highest BCUT2D eigenvalue weighted by molar-refractivity contribution is 5.67. The Hall–Kier alpha value is -1.60. The van der Waals surface area contributed by atoms with E-state index >= 15 is 0 Å². The van der Waals surface area contributed by atoms with Gasteiger partial charge in [0.05, 0.1) is 18.8 Å². The summed E-state index contributed by atoms with van der Waals surface area (Å²) in [6.07, 6.45) is 6.11. The van der Waals surface area contributed by atoms with Crippen molar-refractivity contribution in [2.75, 3.05) is 26.7 Å². The molecule has 1 fully saturated rings. The van der Waals surface area contributed by atoms with Crippen molar-refractivity contribution >= 4 is 6.09 Å². The van der Waals surface area contributed by atoms with Crippen LogP contribution in [0.25, 0.3) is 0 Å². The van der Waals surface area contributed by atoms with Crippen LogP contribution >= 0.6 is 0 Å². The number of nitrogens with one attached hydrogen (secondary N) is 1. The fraction of sp³-hybridized carbons (Fsp3) is 0.765. The highest BCUT2D eigenvalue weighted by Crippen LogP contribution is 2.30. The summed E-state index contributed by atoms with van der Waals surface area (Å²) in [5, 5.41) is 17.3. The van der Waals surface area contributed by atoms with Gasteiger partial charge in [0.2, 0.25) is 0 Å². The Balaban J connectivity index is 1.88. The molecular weight excluding hydrogens is 308 g/mol. The van der Waals surface area contributed by atoms with Crippen LogP contribution in [-0.4, -0.2) is 69.6 Å². The van der Waals surface area contributed by atoms with Crippen LogP contribution in [0.1, 0.15) is 51.6 Å². The van der Waals surface area contributed by atoms with E-state index in [1.165, 1.54) is 11.3 Å². The highest BCUT2D eigenvalue weighted by Gasteiger charge is 2.28. The van der Waals surface area contributed by atoms with Crippen LogP contribution in [0.4, 0.5) is 4.79 Å². The molecule has 0 aromatic carbocycles. The molecule has 0 spiro atoms. The molecule has 2 N–H and O–H groups in total. The van der Waals surface area contributed by atoms with E-state index in [1.807, 2.05) is 33.2 Å². The number of carbonyl (C=O) groups is 1. The normalized spacial score (nSPS) is 20.6. The lowest BCUT2D eigenvalue weighted by atomic mass is 9.97. The van der Waals surface area contributed by atoms with Crippen molar-refractivity contribution in [2.24, 2.45) is 0 Å². The van der Waals surface area contributed by atoms with Gasteiger partial charge in [0, 0.05) is 31.4 Å². The van der Waals surface area contributed by atoms with Crippen molar-refractivity contribution < 1.29 is 14.6 Å². The second-order valence-electron chi connectivity index (χ2n) is 7.55. The van der Waals surface area contributed by atoms with Crippen molar-refractivity contribution in [3.05, 3.63) is 18.0 Å². The number of β-amino-alcohol motifs (C(OH)–C–C–N with tert-alkyl or cyclic N) is 1. The van der Waals surface area contributed by atoms with Gasteiger partial charge >= 0.3 is 6.09 Å². The van der Waals surface area contributed by atoms with Crippen LogP contribution < -0.4 is 0 Å². The molecule has 1 aromatic heterocycles. The molecule has 1 aliphatic heterocycles. The minimum absolute atomic E-state index is 0.253. The van der Waals surface area contributed by atoms with Gasteiger partial charge in [0.25, 0.3) is 0 Å². The number of H-pyrrole nitrogens is 1. The first-order chi connectivity index (χ1) is 11.3. The van der Waals surface area contributed by atoms with E-state index in [4.69, 9.17) is 4.74 Å². The van der Waals surface area contributed by atoms with Crippen LogP contribution in [0.2, 0.25) is 0 Å². The number of aliphatic hydroxyl groups is 1. The van der Waals surface area contributed by atoms with Crippen molar-refractivity contribution in [3.8, 4) is 0 Å². The minimum Gasteiger partial charge on any atom is -0.444 e. The molecule has 0 saturated carbocycles. The molecule has 1 aromatic rings. The molecule has 0 bridgehead atoms. The van der Waals surface area contributed by atoms with Crippen LogP contribution in [0.15, 0.2) is 12.4 Å². The Morgan fingerprint density at radius 1 is 1.54 bits per heavy atom. The predicted molar refractivity (Wildman–Crippen MR) is 91.6 cm³/mol. The Kier molecular flexibility index (Phi) is 6.23. The largest absolute Gasteiger partial charge is 0.444 e. The van der Waals surface area contributed by atoms with E-state index < -0.39 is 17.8 Å². The van der Waals surface area contributed by atoms with Crippen LogP contribution in [0.3, 0.4) is 0 Å². The quantitative estimate of drug-likeness (QED) is 0.860. The molecule has 1 aliphatic rings. The SMILES string of the molecule is CN(C[C@@H](O)CN1CCCC[C@H]1c1cn[nH]c1)C(=O)OC(C)(C)C. The Morgan fingerprint density at radius 3 is 2.92 bits per heavy atom. The number of piperidine rings is 1. The third-order valence-corrected chi connectivity index (χ3v) is 4.15. The first kappa shape index (κ1) is 18.7. The number of likely N-dealkylation sites (N-methyl/N-ethyl adjacent to an activating group) is 1. The molecule has 2 heterocycles. The number of aromatic nitrogens is 2. The predicted octanol–water partition coefficient (Wildman–Crippen LogP) is 2.16. The monoisotopic (exact) mass is 338 g/mol. The number of hydrogen-bond donors (Lipinski definition) is 2. The van der Waals surface area contributed by atoms with E-state index in [9.17, 15) is 9.90 Å². The van der Waals surface area contributed by atoms with Gasteiger partial charge in [-0.15, -0.1) is 0 Å². The first-order valence-corrected chi connectivity index (χ1v) is 8.61. The van der Waals surface area contributed by atoms with E-state index in [-0.39, 0.29) is 12.6 Å². The zero-order valence-electron chi connectivity index (χ0n) is 15.2. The summed E-state index contributed by atoms with van der Waals surface area (Å²) < 4.78 is 5.32. The van der Waals surface area contributed by atoms with Gasteiger partial charge < -0.3 is 14.7 Å². The first-order valence-electron chi connectivity index (χ1n) is 8.61. The van der Waals surface area contributed by atoms with E-state index in [0.29, 0.717) is 6.54 Å². The number of aromatic amines is 1. The maximum absolute atomic E-state index is 12.0. The third kappa shape index (κ3) is 5.49. The molecule has 136 valence electrons. The average Bonchev–Trinajstić information content (AvgIpc) is 2.99. The summed E-state index contributed by atoms with van der Waals surface area (Å²) in [7, 11) is 1.65. The number of rotatable bonds is 5. The van der Waals surface area contributed by atoms with Gasteiger partial charge in [-0.05, 0) is 40.2 Å². The molecule has 1 saturated heterocycles. The number of nitrogens with zero attached hydrogens (tertiary/aromatic N) is 3. The Labute approximate surface area is 144 Å². The van der Waals surface area contributed by atoms with Gasteiger partial charge in [-0.2, -0.15) is 5.10 Å². The topological polar surface area (TPSA) is 81.7 Å². The summed E-state index contributed by atoms with van der Waals surface area (Å²) >= 11 is 0. The number of amides is 1. The van der Waals surface area contributed by atoms with E-state index in [1.54, 1.807) is 7.05 Å².